The number of hydrogen-bond donors (Lipinski definition) is 1. The summed E-state index contributed by atoms with van der Waals surface area (Å²) in [6, 6.07) is 13.7. The van der Waals surface area contributed by atoms with Crippen molar-refractivity contribution in [1.29, 1.82) is 0 Å². The minimum atomic E-state index is -0.271. The second kappa shape index (κ2) is 7.45. The summed E-state index contributed by atoms with van der Waals surface area (Å²) < 4.78 is 0.928. The Kier molecular flexibility index (Phi) is 5.30. The molecule has 0 bridgehead atoms. The smallest absolute Gasteiger partial charge is 0.295 e. The van der Waals surface area contributed by atoms with Crippen molar-refractivity contribution in [2.75, 3.05) is 12.0 Å². The van der Waals surface area contributed by atoms with Crippen LogP contribution in [0.4, 0.5) is 10.5 Å². The van der Waals surface area contributed by atoms with Crippen LogP contribution >= 0.6 is 27.7 Å². The van der Waals surface area contributed by atoms with Crippen LogP contribution in [0.25, 0.3) is 6.08 Å². The van der Waals surface area contributed by atoms with Crippen LogP contribution in [0.2, 0.25) is 0 Å². The molecule has 3 rings (SSSR count). The number of benzene rings is 2. The van der Waals surface area contributed by atoms with Crippen molar-refractivity contribution in [1.82, 2.24) is 4.90 Å². The highest BCUT2D eigenvalue weighted by atomic mass is 79.9. The Hall–Kier alpha value is -2.05. The van der Waals surface area contributed by atoms with E-state index in [2.05, 4.69) is 21.2 Å². The number of aryl methyl sites for hydroxylation is 2. The summed E-state index contributed by atoms with van der Waals surface area (Å²) in [6.07, 6.45) is 1.74. The molecule has 0 spiro atoms. The first-order valence-electron chi connectivity index (χ1n) is 7.76. The van der Waals surface area contributed by atoms with E-state index in [0.29, 0.717) is 4.91 Å². The maximum absolute atomic E-state index is 12.5. The lowest BCUT2D eigenvalue weighted by atomic mass is 10.1. The summed E-state index contributed by atoms with van der Waals surface area (Å²) in [5.74, 6) is -0.271. The highest BCUT2D eigenvalue weighted by molar-refractivity contribution is 9.10. The lowest BCUT2D eigenvalue weighted by molar-refractivity contribution is -0.122. The molecule has 4 nitrogen and oxygen atoms in total. The third-order valence-electron chi connectivity index (χ3n) is 3.84. The monoisotopic (exact) mass is 416 g/mol. The largest absolute Gasteiger partial charge is 0.367 e. The molecule has 25 heavy (non-hydrogen) atoms. The first kappa shape index (κ1) is 17.8. The van der Waals surface area contributed by atoms with Crippen molar-refractivity contribution in [2.24, 2.45) is 0 Å². The zero-order chi connectivity index (χ0) is 18.0. The highest BCUT2D eigenvalue weighted by Gasteiger charge is 2.34. The first-order valence-corrected chi connectivity index (χ1v) is 9.37. The molecule has 2 aromatic rings. The van der Waals surface area contributed by atoms with E-state index in [9.17, 15) is 9.59 Å². The van der Waals surface area contributed by atoms with E-state index in [-0.39, 0.29) is 17.8 Å². The molecular weight excluding hydrogens is 400 g/mol. The number of amides is 2. The van der Waals surface area contributed by atoms with E-state index in [1.807, 2.05) is 56.3 Å². The fraction of sp³-hybridized carbons (Fsp3) is 0.158. The summed E-state index contributed by atoms with van der Waals surface area (Å²) in [6.45, 7) is 4.15. The van der Waals surface area contributed by atoms with Gasteiger partial charge in [-0.25, -0.2) is 0 Å². The molecule has 2 aromatic carbocycles. The predicted octanol–water partition coefficient (Wildman–Crippen LogP) is 5.17. The van der Waals surface area contributed by atoms with Crippen LogP contribution in [0.3, 0.4) is 0 Å². The van der Waals surface area contributed by atoms with Gasteiger partial charge < -0.3 is 5.32 Å². The average molecular weight is 417 g/mol. The number of rotatable bonds is 4. The van der Waals surface area contributed by atoms with Crippen LogP contribution in [-0.4, -0.2) is 22.7 Å². The molecule has 0 atom stereocenters. The zero-order valence-electron chi connectivity index (χ0n) is 13.9. The number of thioether (sulfide) groups is 1. The molecule has 0 unspecified atom stereocenters. The van der Waals surface area contributed by atoms with Crippen molar-refractivity contribution < 1.29 is 9.59 Å². The number of carbonyl (C=O) groups excluding carboxylic acids is 2. The highest BCUT2D eigenvalue weighted by Crippen LogP contribution is 2.32. The molecule has 0 saturated carbocycles. The van der Waals surface area contributed by atoms with Crippen LogP contribution in [0, 0.1) is 13.8 Å². The Bertz CT molecular complexity index is 879. The Morgan fingerprint density at radius 1 is 1.16 bits per heavy atom. The molecule has 1 aliphatic heterocycles. The molecule has 1 fully saturated rings. The minimum absolute atomic E-state index is 0.158. The van der Waals surface area contributed by atoms with Gasteiger partial charge in [0.15, 0.2) is 0 Å². The van der Waals surface area contributed by atoms with Gasteiger partial charge >= 0.3 is 0 Å². The number of anilines is 1. The Balaban J connectivity index is 1.74. The molecule has 1 heterocycles. The van der Waals surface area contributed by atoms with Crippen molar-refractivity contribution in [3.05, 3.63) is 68.5 Å². The normalized spacial score (nSPS) is 16.0. The van der Waals surface area contributed by atoms with Gasteiger partial charge in [0.05, 0.1) is 11.6 Å². The van der Waals surface area contributed by atoms with Crippen molar-refractivity contribution >= 4 is 50.6 Å². The third-order valence-corrected chi connectivity index (χ3v) is 5.24. The topological polar surface area (TPSA) is 49.4 Å². The van der Waals surface area contributed by atoms with E-state index in [1.165, 1.54) is 4.90 Å². The van der Waals surface area contributed by atoms with Gasteiger partial charge in [-0.15, -0.1) is 0 Å². The second-order valence-corrected chi connectivity index (χ2v) is 7.73. The van der Waals surface area contributed by atoms with Crippen LogP contribution < -0.4 is 5.32 Å². The minimum Gasteiger partial charge on any atom is -0.367 e. The molecule has 1 aliphatic rings. The molecule has 1 saturated heterocycles. The number of halogens is 1. The Morgan fingerprint density at radius 3 is 2.72 bits per heavy atom. The van der Waals surface area contributed by atoms with Crippen molar-refractivity contribution in [3.8, 4) is 0 Å². The van der Waals surface area contributed by atoms with Crippen molar-refractivity contribution in [3.63, 3.8) is 0 Å². The van der Waals surface area contributed by atoms with Crippen molar-refractivity contribution in [2.45, 2.75) is 13.8 Å². The Morgan fingerprint density at radius 2 is 1.96 bits per heavy atom. The average Bonchev–Trinajstić information content (AvgIpc) is 2.82. The van der Waals surface area contributed by atoms with Crippen LogP contribution in [0.1, 0.15) is 16.7 Å². The molecule has 0 radical (unpaired) electrons. The summed E-state index contributed by atoms with van der Waals surface area (Å²) in [5, 5.41) is 2.93. The standard InChI is InChI=1S/C19H17BrN2O2S/c1-12-6-7-13(2)16(8-12)21-11-22-18(23)17(25-19(22)24)10-14-4-3-5-15(20)9-14/h3-10,21H,11H2,1-2H3/b17-10+. The Labute approximate surface area is 159 Å². The van der Waals surface area contributed by atoms with Crippen LogP contribution in [0.15, 0.2) is 51.8 Å². The van der Waals surface area contributed by atoms with Gasteiger partial charge in [-0.05, 0) is 66.6 Å². The predicted molar refractivity (Wildman–Crippen MR) is 106 cm³/mol. The van der Waals surface area contributed by atoms with E-state index in [1.54, 1.807) is 6.08 Å². The number of nitrogens with zero attached hydrogens (tertiary/aromatic N) is 1. The van der Waals surface area contributed by atoms with Gasteiger partial charge in [0, 0.05) is 10.2 Å². The van der Waals surface area contributed by atoms with Gasteiger partial charge in [-0.1, -0.05) is 40.2 Å². The van der Waals surface area contributed by atoms with E-state index < -0.39 is 0 Å². The van der Waals surface area contributed by atoms with E-state index in [4.69, 9.17) is 0 Å². The quantitative estimate of drug-likeness (QED) is 0.698. The van der Waals surface area contributed by atoms with Gasteiger partial charge in [0.25, 0.3) is 11.1 Å². The maximum atomic E-state index is 12.5. The van der Waals surface area contributed by atoms with E-state index in [0.717, 1.165) is 38.6 Å². The molecule has 0 aliphatic carbocycles. The number of nitrogens with one attached hydrogen (secondary N) is 1. The lowest BCUT2D eigenvalue weighted by Gasteiger charge is -2.16. The lowest BCUT2D eigenvalue weighted by Crippen LogP contribution is -2.33. The zero-order valence-corrected chi connectivity index (χ0v) is 16.3. The van der Waals surface area contributed by atoms with Gasteiger partial charge in [-0.3, -0.25) is 14.5 Å². The summed E-state index contributed by atoms with van der Waals surface area (Å²) in [5.41, 5.74) is 4.00. The van der Waals surface area contributed by atoms with E-state index >= 15 is 0 Å². The molecular formula is C19H17BrN2O2S. The van der Waals surface area contributed by atoms with Gasteiger partial charge in [0.2, 0.25) is 0 Å². The third kappa shape index (κ3) is 4.14. The number of hydrogen-bond acceptors (Lipinski definition) is 4. The molecule has 2 amide bonds. The number of carbonyl (C=O) groups is 2. The SMILES string of the molecule is Cc1ccc(C)c(NCN2C(=O)S/C(=C/c3cccc(Br)c3)C2=O)c1. The second-order valence-electron chi connectivity index (χ2n) is 5.82. The molecule has 6 heteroatoms. The van der Waals surface area contributed by atoms with Crippen LogP contribution in [0.5, 0.6) is 0 Å². The van der Waals surface area contributed by atoms with Crippen LogP contribution in [-0.2, 0) is 4.79 Å². The molecule has 128 valence electrons. The first-order chi connectivity index (χ1) is 11.9. The number of imide groups is 1. The fourth-order valence-electron chi connectivity index (χ4n) is 2.47. The van der Waals surface area contributed by atoms with Gasteiger partial charge in [-0.2, -0.15) is 0 Å². The van der Waals surface area contributed by atoms with Gasteiger partial charge in [0.1, 0.15) is 0 Å². The summed E-state index contributed by atoms with van der Waals surface area (Å²) in [4.78, 5) is 26.4. The molecule has 0 aromatic heterocycles. The molecule has 1 N–H and O–H groups in total. The summed E-state index contributed by atoms with van der Waals surface area (Å²) >= 11 is 4.37. The fourth-order valence-corrected chi connectivity index (χ4v) is 3.73. The summed E-state index contributed by atoms with van der Waals surface area (Å²) in [7, 11) is 0. The maximum Gasteiger partial charge on any atom is 0.295 e.